The van der Waals surface area contributed by atoms with Gasteiger partial charge in [0.25, 0.3) is 5.91 Å². The topological polar surface area (TPSA) is 58.2 Å². The number of hydrogen-bond acceptors (Lipinski definition) is 3. The first-order valence-corrected chi connectivity index (χ1v) is 7.62. The summed E-state index contributed by atoms with van der Waals surface area (Å²) in [7, 11) is 0. The van der Waals surface area contributed by atoms with E-state index in [1.54, 1.807) is 24.3 Å². The first kappa shape index (κ1) is 15.0. The molecule has 2 rings (SSSR count). The number of rotatable bonds is 4. The third-order valence-electron chi connectivity index (χ3n) is 2.33. The van der Waals surface area contributed by atoms with Crippen molar-refractivity contribution in [1.29, 1.82) is 0 Å². The van der Waals surface area contributed by atoms with Crippen molar-refractivity contribution in [3.8, 4) is 0 Å². The van der Waals surface area contributed by atoms with Crippen LogP contribution < -0.4 is 10.6 Å². The summed E-state index contributed by atoms with van der Waals surface area (Å²) in [4.78, 5) is 23.9. The van der Waals surface area contributed by atoms with Crippen molar-refractivity contribution in [2.45, 2.75) is 0 Å². The Morgan fingerprint density at radius 2 is 1.85 bits per heavy atom. The van der Waals surface area contributed by atoms with Gasteiger partial charge in [0.05, 0.1) is 15.8 Å². The van der Waals surface area contributed by atoms with Crippen LogP contribution in [0.4, 0.5) is 5.69 Å². The normalized spacial score (nSPS) is 10.1. The molecule has 0 aliphatic rings. The van der Waals surface area contributed by atoms with Gasteiger partial charge in [-0.05, 0) is 36.4 Å². The molecule has 0 fully saturated rings. The van der Waals surface area contributed by atoms with Crippen LogP contribution in [0.15, 0.2) is 40.9 Å². The Bertz CT molecular complexity index is 628. The van der Waals surface area contributed by atoms with Crippen molar-refractivity contribution >= 4 is 56.4 Å². The second-order valence-corrected chi connectivity index (χ2v) is 6.47. The molecule has 2 aromatic rings. The van der Waals surface area contributed by atoms with Crippen molar-refractivity contribution in [1.82, 2.24) is 5.32 Å². The molecule has 1 aromatic carbocycles. The summed E-state index contributed by atoms with van der Waals surface area (Å²) in [5, 5.41) is 5.22. The van der Waals surface area contributed by atoms with Gasteiger partial charge in [-0.15, -0.1) is 11.3 Å². The van der Waals surface area contributed by atoms with Gasteiger partial charge in [-0.1, -0.05) is 27.5 Å². The highest BCUT2D eigenvalue weighted by molar-refractivity contribution is 9.10. The molecule has 0 saturated carbocycles. The van der Waals surface area contributed by atoms with Crippen LogP contribution >= 0.6 is 38.9 Å². The fraction of sp³-hybridized carbons (Fsp3) is 0.0769. The first-order chi connectivity index (χ1) is 9.54. The molecular weight excluding hydrogens is 364 g/mol. The van der Waals surface area contributed by atoms with Gasteiger partial charge in [0.1, 0.15) is 0 Å². The smallest absolute Gasteiger partial charge is 0.261 e. The number of nitrogens with one attached hydrogen (secondary N) is 2. The molecular formula is C13H10BrClN2O2S. The standard InChI is InChI=1S/C13H10BrClN2O2S/c14-8-1-3-9(4-2-8)17-12(18)7-16-13(19)10-5-6-11(15)20-10/h1-6H,7H2,(H,16,19)(H,17,18). The minimum atomic E-state index is -0.312. The average molecular weight is 374 g/mol. The fourth-order valence-corrected chi connectivity index (χ4v) is 2.65. The molecule has 0 saturated heterocycles. The Balaban J connectivity index is 1.83. The maximum absolute atomic E-state index is 11.7. The van der Waals surface area contributed by atoms with E-state index in [1.165, 1.54) is 11.3 Å². The van der Waals surface area contributed by atoms with Crippen molar-refractivity contribution in [2.75, 3.05) is 11.9 Å². The minimum Gasteiger partial charge on any atom is -0.342 e. The molecule has 1 heterocycles. The number of anilines is 1. The summed E-state index contributed by atoms with van der Waals surface area (Å²) in [6, 6.07) is 10.4. The molecule has 4 nitrogen and oxygen atoms in total. The number of carbonyl (C=O) groups is 2. The highest BCUT2D eigenvalue weighted by Gasteiger charge is 2.10. The van der Waals surface area contributed by atoms with Crippen LogP contribution in [-0.4, -0.2) is 18.4 Å². The van der Waals surface area contributed by atoms with Gasteiger partial charge >= 0.3 is 0 Å². The van der Waals surface area contributed by atoms with Crippen LogP contribution in [0.2, 0.25) is 4.34 Å². The van der Waals surface area contributed by atoms with Gasteiger partial charge in [0.15, 0.2) is 0 Å². The van der Waals surface area contributed by atoms with Gasteiger partial charge in [0, 0.05) is 10.2 Å². The summed E-state index contributed by atoms with van der Waals surface area (Å²) in [6.07, 6.45) is 0. The first-order valence-electron chi connectivity index (χ1n) is 5.63. The van der Waals surface area contributed by atoms with Gasteiger partial charge in [-0.3, -0.25) is 9.59 Å². The summed E-state index contributed by atoms with van der Waals surface area (Å²) in [6.45, 7) is -0.0928. The molecule has 104 valence electrons. The lowest BCUT2D eigenvalue weighted by atomic mass is 10.3. The van der Waals surface area contributed by atoms with Crippen LogP contribution in [0.25, 0.3) is 0 Å². The monoisotopic (exact) mass is 372 g/mol. The number of hydrogen-bond donors (Lipinski definition) is 2. The third-order valence-corrected chi connectivity index (χ3v) is 4.09. The van der Waals surface area contributed by atoms with Crippen LogP contribution in [0.5, 0.6) is 0 Å². The zero-order valence-electron chi connectivity index (χ0n) is 10.2. The van der Waals surface area contributed by atoms with Crippen molar-refractivity contribution in [2.24, 2.45) is 0 Å². The lowest BCUT2D eigenvalue weighted by molar-refractivity contribution is -0.115. The van der Waals surface area contributed by atoms with Gasteiger partial charge in [-0.2, -0.15) is 0 Å². The molecule has 0 bridgehead atoms. The molecule has 0 spiro atoms. The van der Waals surface area contributed by atoms with Gasteiger partial charge in [-0.25, -0.2) is 0 Å². The zero-order valence-corrected chi connectivity index (χ0v) is 13.3. The zero-order chi connectivity index (χ0) is 14.5. The van der Waals surface area contributed by atoms with E-state index in [0.29, 0.717) is 14.9 Å². The number of amides is 2. The van der Waals surface area contributed by atoms with Crippen LogP contribution in [-0.2, 0) is 4.79 Å². The highest BCUT2D eigenvalue weighted by atomic mass is 79.9. The van der Waals surface area contributed by atoms with E-state index in [9.17, 15) is 9.59 Å². The van der Waals surface area contributed by atoms with E-state index in [4.69, 9.17) is 11.6 Å². The number of benzene rings is 1. The molecule has 1 aromatic heterocycles. The van der Waals surface area contributed by atoms with Crippen LogP contribution in [0.3, 0.4) is 0 Å². The predicted octanol–water partition coefficient (Wildman–Crippen LogP) is 3.53. The summed E-state index contributed by atoms with van der Waals surface area (Å²) in [5.74, 6) is -0.601. The SMILES string of the molecule is O=C(CNC(=O)c1ccc(Cl)s1)Nc1ccc(Br)cc1. The fourth-order valence-electron chi connectivity index (χ4n) is 1.42. The highest BCUT2D eigenvalue weighted by Crippen LogP contribution is 2.21. The lowest BCUT2D eigenvalue weighted by Crippen LogP contribution is -2.32. The maximum atomic E-state index is 11.7. The minimum absolute atomic E-state index is 0.0928. The average Bonchev–Trinajstić information content (AvgIpc) is 2.85. The quantitative estimate of drug-likeness (QED) is 0.861. The summed E-state index contributed by atoms with van der Waals surface area (Å²) < 4.78 is 1.47. The number of carbonyl (C=O) groups excluding carboxylic acids is 2. The van der Waals surface area contributed by atoms with E-state index >= 15 is 0 Å². The molecule has 0 aliphatic carbocycles. The largest absolute Gasteiger partial charge is 0.342 e. The molecule has 0 aliphatic heterocycles. The Labute approximate surface area is 133 Å². The molecule has 20 heavy (non-hydrogen) atoms. The lowest BCUT2D eigenvalue weighted by Gasteiger charge is -2.06. The van der Waals surface area contributed by atoms with Gasteiger partial charge in [0.2, 0.25) is 5.91 Å². The summed E-state index contributed by atoms with van der Waals surface area (Å²) >= 11 is 10.2. The number of thiophene rings is 1. The Morgan fingerprint density at radius 1 is 1.15 bits per heavy atom. The predicted molar refractivity (Wildman–Crippen MR) is 84.4 cm³/mol. The van der Waals surface area contributed by atoms with E-state index in [-0.39, 0.29) is 18.4 Å². The molecule has 0 radical (unpaired) electrons. The Hall–Kier alpha value is -1.37. The molecule has 2 N–H and O–H groups in total. The molecule has 0 atom stereocenters. The van der Waals surface area contributed by atoms with Crippen molar-refractivity contribution in [3.05, 3.63) is 50.1 Å². The van der Waals surface area contributed by atoms with E-state index < -0.39 is 0 Å². The number of halogens is 2. The second-order valence-electron chi connectivity index (χ2n) is 3.84. The van der Waals surface area contributed by atoms with Crippen molar-refractivity contribution < 1.29 is 9.59 Å². The second kappa shape index (κ2) is 6.88. The maximum Gasteiger partial charge on any atom is 0.261 e. The van der Waals surface area contributed by atoms with E-state index in [2.05, 4.69) is 26.6 Å². The van der Waals surface area contributed by atoms with E-state index in [1.807, 2.05) is 12.1 Å². The Morgan fingerprint density at radius 3 is 2.45 bits per heavy atom. The molecule has 2 amide bonds. The van der Waals surface area contributed by atoms with E-state index in [0.717, 1.165) is 4.47 Å². The van der Waals surface area contributed by atoms with Crippen LogP contribution in [0, 0.1) is 0 Å². The van der Waals surface area contributed by atoms with Crippen molar-refractivity contribution in [3.63, 3.8) is 0 Å². The molecule has 0 unspecified atom stereocenters. The molecule has 7 heteroatoms. The Kier molecular flexibility index (Phi) is 5.17. The third kappa shape index (κ3) is 4.33. The van der Waals surface area contributed by atoms with Crippen LogP contribution in [0.1, 0.15) is 9.67 Å². The summed E-state index contributed by atoms with van der Waals surface area (Å²) in [5.41, 5.74) is 0.673. The van der Waals surface area contributed by atoms with Gasteiger partial charge < -0.3 is 10.6 Å².